The summed E-state index contributed by atoms with van der Waals surface area (Å²) in [5.74, 6) is 0. The Kier molecular flexibility index (Phi) is 4.68. The zero-order valence-corrected chi connectivity index (χ0v) is 22.7. The lowest BCUT2D eigenvalue weighted by Crippen LogP contribution is -1.98. The van der Waals surface area contributed by atoms with Crippen molar-refractivity contribution in [1.29, 1.82) is 10.5 Å². The third kappa shape index (κ3) is 3.08. The van der Waals surface area contributed by atoms with Crippen molar-refractivity contribution in [3.05, 3.63) is 132 Å². The van der Waals surface area contributed by atoms with Gasteiger partial charge in [-0.15, -0.1) is 0 Å². The summed E-state index contributed by atoms with van der Waals surface area (Å²) in [6.45, 7) is 0. The van der Waals surface area contributed by atoms with Gasteiger partial charge in [0.1, 0.15) is 17.2 Å². The van der Waals surface area contributed by atoms with E-state index in [0.29, 0.717) is 11.1 Å². The van der Waals surface area contributed by atoms with Crippen LogP contribution in [0, 0.1) is 22.7 Å². The van der Waals surface area contributed by atoms with E-state index in [9.17, 15) is 10.5 Å². The molecule has 198 valence electrons. The second kappa shape index (κ2) is 8.60. The van der Waals surface area contributed by atoms with Crippen LogP contribution in [0.1, 0.15) is 11.1 Å². The average Bonchev–Trinajstić information content (AvgIpc) is 3.72. The molecule has 0 atom stereocenters. The predicted octanol–water partition coefficient (Wildman–Crippen LogP) is 9.52. The van der Waals surface area contributed by atoms with Crippen LogP contribution in [0.3, 0.4) is 0 Å². The smallest absolute Gasteiger partial charge is 0.145 e. The van der Waals surface area contributed by atoms with Crippen molar-refractivity contribution in [2.75, 3.05) is 0 Å². The molecule has 3 heterocycles. The van der Waals surface area contributed by atoms with Crippen LogP contribution in [-0.2, 0) is 0 Å². The van der Waals surface area contributed by atoms with E-state index in [4.69, 9.17) is 4.42 Å². The fourth-order valence-electron chi connectivity index (χ4n) is 6.80. The van der Waals surface area contributed by atoms with Crippen LogP contribution in [0.25, 0.3) is 76.9 Å². The molecule has 0 radical (unpaired) electrons. The van der Waals surface area contributed by atoms with Crippen molar-refractivity contribution < 1.29 is 4.42 Å². The third-order valence-corrected chi connectivity index (χ3v) is 8.58. The van der Waals surface area contributed by atoms with Gasteiger partial charge in [-0.3, -0.25) is 0 Å². The first-order valence-electron chi connectivity index (χ1n) is 14.1. The van der Waals surface area contributed by atoms with Crippen LogP contribution >= 0.6 is 0 Å². The summed E-state index contributed by atoms with van der Waals surface area (Å²) in [6, 6.07) is 45.4. The molecule has 5 nitrogen and oxygen atoms in total. The molecule has 6 aromatic carbocycles. The number of para-hydroxylation sites is 3. The normalized spacial score (nSPS) is 11.7. The summed E-state index contributed by atoms with van der Waals surface area (Å²) in [5, 5.41) is 25.8. The first-order chi connectivity index (χ1) is 21.3. The Morgan fingerprint density at radius 3 is 1.70 bits per heavy atom. The highest BCUT2D eigenvalue weighted by Gasteiger charge is 2.22. The number of fused-ring (bicyclic) bond motifs is 11. The number of nitriles is 2. The molecule has 3 aromatic heterocycles. The summed E-state index contributed by atoms with van der Waals surface area (Å²) < 4.78 is 11.4. The molecule has 9 aromatic rings. The van der Waals surface area contributed by atoms with E-state index < -0.39 is 0 Å². The maximum absolute atomic E-state index is 10.0. The van der Waals surface area contributed by atoms with E-state index in [2.05, 4.69) is 106 Å². The fourth-order valence-corrected chi connectivity index (χ4v) is 6.80. The first kappa shape index (κ1) is 23.4. The van der Waals surface area contributed by atoms with Crippen LogP contribution in [0.2, 0.25) is 0 Å². The molecular formula is C38H20N4O. The largest absolute Gasteiger partial charge is 0.455 e. The van der Waals surface area contributed by atoms with E-state index in [1.807, 2.05) is 24.3 Å². The van der Waals surface area contributed by atoms with Crippen molar-refractivity contribution in [2.24, 2.45) is 0 Å². The maximum Gasteiger partial charge on any atom is 0.145 e. The van der Waals surface area contributed by atoms with Crippen LogP contribution < -0.4 is 0 Å². The summed E-state index contributed by atoms with van der Waals surface area (Å²) in [5.41, 5.74) is 8.55. The second-order valence-corrected chi connectivity index (χ2v) is 10.8. The Labute approximate surface area is 245 Å². The molecule has 0 aliphatic carbocycles. The lowest BCUT2D eigenvalue weighted by atomic mass is 10.1. The van der Waals surface area contributed by atoms with E-state index >= 15 is 0 Å². The number of rotatable bonds is 2. The van der Waals surface area contributed by atoms with Gasteiger partial charge < -0.3 is 13.6 Å². The number of benzene rings is 6. The molecular weight excluding hydrogens is 528 g/mol. The third-order valence-electron chi connectivity index (χ3n) is 8.58. The standard InChI is InChI=1S/C38H20N4O/c39-21-23-14-17-30(24(20-23)22-40)42-32-13-7-5-11-29(32)36-34(42)19-16-27-26-15-18-33-35(37(26)43-38(27)36)28-10-4-6-12-31(28)41(33)25-8-2-1-3-9-25/h1-20H. The molecule has 0 saturated carbocycles. The van der Waals surface area contributed by atoms with Crippen molar-refractivity contribution in [2.45, 2.75) is 0 Å². The van der Waals surface area contributed by atoms with Crippen LogP contribution in [0.4, 0.5) is 0 Å². The van der Waals surface area contributed by atoms with Gasteiger partial charge in [0.15, 0.2) is 0 Å². The van der Waals surface area contributed by atoms with E-state index in [-0.39, 0.29) is 0 Å². The SMILES string of the molecule is N#Cc1ccc(-n2c3ccccc3c3c4oc5c(ccc6c5c5ccccc5n6-c5ccccc5)c4ccc32)c(C#N)c1. The summed E-state index contributed by atoms with van der Waals surface area (Å²) in [4.78, 5) is 0. The van der Waals surface area contributed by atoms with E-state index in [0.717, 1.165) is 76.9 Å². The number of hydrogen-bond acceptors (Lipinski definition) is 3. The van der Waals surface area contributed by atoms with Crippen LogP contribution in [0.15, 0.2) is 126 Å². The first-order valence-corrected chi connectivity index (χ1v) is 14.1. The van der Waals surface area contributed by atoms with Gasteiger partial charge in [0.25, 0.3) is 0 Å². The van der Waals surface area contributed by atoms with Crippen molar-refractivity contribution in [3.63, 3.8) is 0 Å². The molecule has 0 saturated heterocycles. The Morgan fingerprint density at radius 1 is 0.488 bits per heavy atom. The van der Waals surface area contributed by atoms with Crippen molar-refractivity contribution >= 4 is 65.6 Å². The van der Waals surface area contributed by atoms with Gasteiger partial charge in [-0.1, -0.05) is 54.6 Å². The summed E-state index contributed by atoms with van der Waals surface area (Å²) >= 11 is 0. The van der Waals surface area contributed by atoms with Gasteiger partial charge in [0.2, 0.25) is 0 Å². The molecule has 0 bridgehead atoms. The highest BCUT2D eigenvalue weighted by Crippen LogP contribution is 2.44. The molecule has 0 spiro atoms. The second-order valence-electron chi connectivity index (χ2n) is 10.8. The molecule has 0 aliphatic heterocycles. The number of furan rings is 1. The number of hydrogen-bond donors (Lipinski definition) is 0. The molecule has 0 N–H and O–H groups in total. The van der Waals surface area contributed by atoms with Gasteiger partial charge in [-0.2, -0.15) is 10.5 Å². The Balaban J connectivity index is 1.44. The fraction of sp³-hybridized carbons (Fsp3) is 0. The average molecular weight is 549 g/mol. The monoisotopic (exact) mass is 548 g/mol. The minimum atomic E-state index is 0.446. The van der Waals surface area contributed by atoms with E-state index in [1.54, 1.807) is 12.1 Å². The zero-order valence-electron chi connectivity index (χ0n) is 22.7. The molecule has 0 fully saturated rings. The maximum atomic E-state index is 10.0. The minimum absolute atomic E-state index is 0.446. The number of aromatic nitrogens is 2. The Hall–Kier alpha value is -6.30. The molecule has 0 aliphatic rings. The quantitative estimate of drug-likeness (QED) is 0.216. The minimum Gasteiger partial charge on any atom is -0.455 e. The van der Waals surface area contributed by atoms with Gasteiger partial charge in [0.05, 0.1) is 55.7 Å². The molecule has 9 rings (SSSR count). The molecule has 0 unspecified atom stereocenters. The lowest BCUT2D eigenvalue weighted by molar-refractivity contribution is 0.677. The van der Waals surface area contributed by atoms with E-state index in [1.165, 1.54) is 0 Å². The predicted molar refractivity (Wildman–Crippen MR) is 172 cm³/mol. The Bertz CT molecular complexity index is 2690. The van der Waals surface area contributed by atoms with Gasteiger partial charge >= 0.3 is 0 Å². The van der Waals surface area contributed by atoms with Crippen molar-refractivity contribution in [1.82, 2.24) is 9.13 Å². The summed E-state index contributed by atoms with van der Waals surface area (Å²) in [7, 11) is 0. The molecule has 43 heavy (non-hydrogen) atoms. The molecule has 5 heteroatoms. The summed E-state index contributed by atoms with van der Waals surface area (Å²) in [6.07, 6.45) is 0. The van der Waals surface area contributed by atoms with Crippen LogP contribution in [0.5, 0.6) is 0 Å². The van der Waals surface area contributed by atoms with Gasteiger partial charge in [0, 0.05) is 27.2 Å². The zero-order chi connectivity index (χ0) is 28.7. The highest BCUT2D eigenvalue weighted by atomic mass is 16.3. The van der Waals surface area contributed by atoms with Gasteiger partial charge in [-0.25, -0.2) is 0 Å². The van der Waals surface area contributed by atoms with Crippen molar-refractivity contribution in [3.8, 4) is 23.5 Å². The number of nitrogens with zero attached hydrogens (tertiary/aromatic N) is 4. The molecule has 0 amide bonds. The van der Waals surface area contributed by atoms with Gasteiger partial charge in [-0.05, 0) is 66.7 Å². The van der Waals surface area contributed by atoms with Crippen LogP contribution in [-0.4, -0.2) is 9.13 Å². The Morgan fingerprint density at radius 2 is 1.07 bits per heavy atom. The lowest BCUT2D eigenvalue weighted by Gasteiger charge is -2.10. The topological polar surface area (TPSA) is 70.6 Å². The highest BCUT2D eigenvalue weighted by molar-refractivity contribution is 6.29.